The minimum absolute atomic E-state index is 0.116. The van der Waals surface area contributed by atoms with Crippen LogP contribution in [0.5, 0.6) is 0 Å². The lowest BCUT2D eigenvalue weighted by Crippen LogP contribution is -2.38. The molecule has 1 aliphatic heterocycles. The Morgan fingerprint density at radius 2 is 1.72 bits per heavy atom. The van der Waals surface area contributed by atoms with Crippen molar-refractivity contribution in [2.24, 2.45) is 5.41 Å². The van der Waals surface area contributed by atoms with Crippen LogP contribution in [-0.4, -0.2) is 39.9 Å². The number of hydrogen-bond acceptors (Lipinski definition) is 4. The van der Waals surface area contributed by atoms with E-state index in [4.69, 9.17) is 5.11 Å². The third-order valence-corrected chi connectivity index (χ3v) is 5.61. The van der Waals surface area contributed by atoms with Gasteiger partial charge in [0.1, 0.15) is 5.82 Å². The quantitative estimate of drug-likeness (QED) is 0.648. The van der Waals surface area contributed by atoms with Gasteiger partial charge in [-0.15, -0.1) is 0 Å². The van der Waals surface area contributed by atoms with Crippen molar-refractivity contribution in [1.29, 1.82) is 0 Å². The van der Waals surface area contributed by atoms with E-state index in [1.807, 2.05) is 13.0 Å². The summed E-state index contributed by atoms with van der Waals surface area (Å²) >= 11 is 0. The number of benzene rings is 1. The molecule has 176 valence electrons. The number of aromatic nitrogens is 1. The molecule has 0 saturated carbocycles. The Labute approximate surface area is 191 Å². The average molecular weight is 445 g/mol. The number of pyridine rings is 1. The van der Waals surface area contributed by atoms with Crippen LogP contribution in [0.4, 0.5) is 10.1 Å². The maximum atomic E-state index is 14.9. The molecule has 3 rings (SSSR count). The number of anilines is 1. The van der Waals surface area contributed by atoms with E-state index >= 15 is 0 Å². The zero-order valence-corrected chi connectivity index (χ0v) is 20.4. The van der Waals surface area contributed by atoms with E-state index in [1.165, 1.54) is 0 Å². The summed E-state index contributed by atoms with van der Waals surface area (Å²) in [6, 6.07) is 5.31. The third-order valence-electron chi connectivity index (χ3n) is 5.61. The fourth-order valence-electron chi connectivity index (χ4n) is 3.75. The highest BCUT2D eigenvalue weighted by Crippen LogP contribution is 2.40. The molecule has 0 amide bonds. The van der Waals surface area contributed by atoms with Gasteiger partial charge < -0.3 is 15.1 Å². The van der Waals surface area contributed by atoms with Gasteiger partial charge in [0.2, 0.25) is 0 Å². The maximum Gasteiger partial charge on any atom is 0.307 e. The van der Waals surface area contributed by atoms with Gasteiger partial charge >= 0.3 is 5.97 Å². The molecule has 0 bridgehead atoms. The number of carbonyl (C=O) groups is 1. The van der Waals surface area contributed by atoms with E-state index < -0.39 is 11.6 Å². The summed E-state index contributed by atoms with van der Waals surface area (Å²) in [5, 5.41) is 18.0. The second-order valence-electron chi connectivity index (χ2n) is 10.4. The lowest BCUT2D eigenvalue weighted by atomic mass is 9.82. The van der Waals surface area contributed by atoms with Crippen LogP contribution in [0.25, 0.3) is 11.1 Å². The first kappa shape index (κ1) is 25.8. The van der Waals surface area contributed by atoms with Crippen LogP contribution in [0, 0.1) is 25.1 Å². The van der Waals surface area contributed by atoms with Crippen LogP contribution >= 0.6 is 0 Å². The highest BCUT2D eigenvalue weighted by atomic mass is 19.1. The number of piperidine rings is 1. The van der Waals surface area contributed by atoms with Gasteiger partial charge in [0.15, 0.2) is 0 Å². The molecular formula is C26H37FN2O3. The molecule has 1 aliphatic rings. The van der Waals surface area contributed by atoms with Gasteiger partial charge in [0, 0.05) is 41.7 Å². The van der Waals surface area contributed by atoms with Gasteiger partial charge in [0.25, 0.3) is 0 Å². The molecule has 2 aromatic rings. The monoisotopic (exact) mass is 444 g/mol. The number of rotatable bonds is 4. The largest absolute Gasteiger partial charge is 0.481 e. The topological polar surface area (TPSA) is 73.7 Å². The first-order valence-corrected chi connectivity index (χ1v) is 11.1. The minimum atomic E-state index is -0.902. The fourth-order valence-corrected chi connectivity index (χ4v) is 3.75. The van der Waals surface area contributed by atoms with Crippen LogP contribution in [0.3, 0.4) is 0 Å². The minimum Gasteiger partial charge on any atom is -0.481 e. The van der Waals surface area contributed by atoms with Crippen LogP contribution < -0.4 is 4.90 Å². The lowest BCUT2D eigenvalue weighted by molar-refractivity contribution is -0.136. The number of carboxylic acids is 1. The second-order valence-corrected chi connectivity index (χ2v) is 10.4. The maximum absolute atomic E-state index is 14.9. The zero-order chi connectivity index (χ0) is 24.3. The summed E-state index contributed by atoms with van der Waals surface area (Å²) in [7, 11) is 0. The second kappa shape index (κ2) is 9.99. The summed E-state index contributed by atoms with van der Waals surface area (Å²) in [5.41, 5.74) is 3.69. The highest BCUT2D eigenvalue weighted by molar-refractivity contribution is 5.85. The molecule has 5 nitrogen and oxygen atoms in total. The van der Waals surface area contributed by atoms with Crippen molar-refractivity contribution in [2.45, 2.75) is 73.3 Å². The average Bonchev–Trinajstić information content (AvgIpc) is 2.64. The van der Waals surface area contributed by atoms with E-state index in [1.54, 1.807) is 46.0 Å². The van der Waals surface area contributed by atoms with E-state index in [0.29, 0.717) is 27.9 Å². The Bertz CT molecular complexity index is 948. The first-order chi connectivity index (χ1) is 14.7. The number of aryl methyl sites for hydroxylation is 2. The molecule has 1 fully saturated rings. The van der Waals surface area contributed by atoms with Crippen LogP contribution in [0.15, 0.2) is 24.4 Å². The Balaban J connectivity index is 0.000000654. The predicted octanol–water partition coefficient (Wildman–Crippen LogP) is 5.54. The van der Waals surface area contributed by atoms with Crippen molar-refractivity contribution in [3.8, 4) is 11.1 Å². The SMILES string of the molecule is CC(C)(C)O.Cc1cccc(-c2cnc(C)c(CC(=O)O)c2N2CCC(C)(C)CC2)c1F. The molecule has 1 aromatic carbocycles. The molecule has 0 spiro atoms. The molecule has 0 aliphatic carbocycles. The number of nitrogens with zero attached hydrogens (tertiary/aromatic N) is 2. The van der Waals surface area contributed by atoms with E-state index in [-0.39, 0.29) is 17.7 Å². The summed E-state index contributed by atoms with van der Waals surface area (Å²) < 4.78 is 14.9. The molecule has 1 saturated heterocycles. The smallest absolute Gasteiger partial charge is 0.307 e. The molecular weight excluding hydrogens is 407 g/mol. The van der Waals surface area contributed by atoms with Crippen LogP contribution in [0.1, 0.15) is 64.3 Å². The van der Waals surface area contributed by atoms with E-state index in [0.717, 1.165) is 31.6 Å². The molecule has 2 heterocycles. The first-order valence-electron chi connectivity index (χ1n) is 11.1. The van der Waals surface area contributed by atoms with Gasteiger partial charge in [-0.1, -0.05) is 32.0 Å². The Morgan fingerprint density at radius 3 is 2.25 bits per heavy atom. The molecule has 32 heavy (non-hydrogen) atoms. The van der Waals surface area contributed by atoms with Gasteiger partial charge in [-0.2, -0.15) is 0 Å². The van der Waals surface area contributed by atoms with Crippen LogP contribution in [-0.2, 0) is 11.2 Å². The fraction of sp³-hybridized carbons (Fsp3) is 0.538. The highest BCUT2D eigenvalue weighted by Gasteiger charge is 2.29. The Morgan fingerprint density at radius 1 is 1.16 bits per heavy atom. The van der Waals surface area contributed by atoms with Gasteiger partial charge in [-0.05, 0) is 58.4 Å². The summed E-state index contributed by atoms with van der Waals surface area (Å²) in [6.45, 7) is 14.9. The lowest BCUT2D eigenvalue weighted by Gasteiger charge is -2.40. The summed E-state index contributed by atoms with van der Waals surface area (Å²) in [6.07, 6.45) is 3.59. The predicted molar refractivity (Wildman–Crippen MR) is 128 cm³/mol. The molecule has 1 aromatic heterocycles. The van der Waals surface area contributed by atoms with Crippen molar-refractivity contribution in [3.63, 3.8) is 0 Å². The van der Waals surface area contributed by atoms with E-state index in [2.05, 4.69) is 23.7 Å². The Kier molecular flexibility index (Phi) is 8.05. The molecule has 2 N–H and O–H groups in total. The zero-order valence-electron chi connectivity index (χ0n) is 20.4. The standard InChI is InChI=1S/C22H27FN2O2.C4H10O/c1-14-6-5-7-16(20(14)23)18-13-24-15(2)17(12-19(26)27)21(18)25-10-8-22(3,4)9-11-25;1-4(2,3)5/h5-7,13H,8-12H2,1-4H3,(H,26,27);5H,1-3H3. The Hall–Kier alpha value is -2.47. The molecule has 0 radical (unpaired) electrons. The van der Waals surface area contributed by atoms with Gasteiger partial charge in [0.05, 0.1) is 17.7 Å². The van der Waals surface area contributed by atoms with Crippen molar-refractivity contribution in [2.75, 3.05) is 18.0 Å². The third kappa shape index (κ3) is 7.02. The molecule has 6 heteroatoms. The van der Waals surface area contributed by atoms with Gasteiger partial charge in [-0.25, -0.2) is 4.39 Å². The summed E-state index contributed by atoms with van der Waals surface area (Å²) in [4.78, 5) is 18.1. The van der Waals surface area contributed by atoms with Crippen molar-refractivity contribution >= 4 is 11.7 Å². The van der Waals surface area contributed by atoms with Crippen molar-refractivity contribution < 1.29 is 19.4 Å². The molecule has 0 unspecified atom stereocenters. The number of hydrogen-bond donors (Lipinski definition) is 2. The number of carboxylic acid groups (broad SMARTS) is 1. The van der Waals surface area contributed by atoms with E-state index in [9.17, 15) is 14.3 Å². The van der Waals surface area contributed by atoms with Crippen molar-refractivity contribution in [3.05, 3.63) is 47.0 Å². The normalized spacial score (nSPS) is 15.7. The van der Waals surface area contributed by atoms with Gasteiger partial charge in [-0.3, -0.25) is 9.78 Å². The number of aliphatic hydroxyl groups is 1. The summed E-state index contributed by atoms with van der Waals surface area (Å²) in [5.74, 6) is -1.18. The number of halogens is 1. The van der Waals surface area contributed by atoms with Crippen LogP contribution in [0.2, 0.25) is 0 Å². The molecule has 0 atom stereocenters. The van der Waals surface area contributed by atoms with Crippen molar-refractivity contribution in [1.82, 2.24) is 4.98 Å². The number of aliphatic carboxylic acids is 1.